The van der Waals surface area contributed by atoms with Crippen molar-refractivity contribution in [3.8, 4) is 0 Å². The second kappa shape index (κ2) is 11.7. The molecule has 0 saturated carbocycles. The summed E-state index contributed by atoms with van der Waals surface area (Å²) in [7, 11) is -2.82. The molecule has 0 saturated heterocycles. The molecule has 0 bridgehead atoms. The Hall–Kier alpha value is -3.14. The third-order valence-corrected chi connectivity index (χ3v) is 8.00. The van der Waals surface area contributed by atoms with Gasteiger partial charge in [0.1, 0.15) is 18.4 Å². The molecular formula is C25H24Cl2FN3O4S. The molecule has 0 fully saturated rings. The number of rotatable bonds is 9. The number of hydrogen-bond donors (Lipinski definition) is 1. The van der Waals surface area contributed by atoms with Gasteiger partial charge in [0.15, 0.2) is 0 Å². The second-order valence-electron chi connectivity index (χ2n) is 7.86. The molecule has 1 N–H and O–H groups in total. The molecule has 190 valence electrons. The number of para-hydroxylation sites is 1. The van der Waals surface area contributed by atoms with Gasteiger partial charge in [0, 0.05) is 13.6 Å². The van der Waals surface area contributed by atoms with Gasteiger partial charge in [0.2, 0.25) is 11.8 Å². The van der Waals surface area contributed by atoms with Gasteiger partial charge in [-0.3, -0.25) is 13.9 Å². The van der Waals surface area contributed by atoms with E-state index in [9.17, 15) is 22.4 Å². The number of sulfonamides is 1. The van der Waals surface area contributed by atoms with Crippen molar-refractivity contribution in [3.63, 3.8) is 0 Å². The van der Waals surface area contributed by atoms with Crippen LogP contribution < -0.4 is 9.62 Å². The summed E-state index contributed by atoms with van der Waals surface area (Å²) in [6.45, 7) is 0.908. The Labute approximate surface area is 219 Å². The third kappa shape index (κ3) is 6.34. The average molecular weight is 552 g/mol. The Morgan fingerprint density at radius 3 is 2.19 bits per heavy atom. The number of benzene rings is 3. The van der Waals surface area contributed by atoms with E-state index in [0.717, 1.165) is 28.6 Å². The van der Waals surface area contributed by atoms with Crippen molar-refractivity contribution in [2.24, 2.45) is 0 Å². The predicted molar refractivity (Wildman–Crippen MR) is 138 cm³/mol. The molecule has 0 heterocycles. The van der Waals surface area contributed by atoms with Crippen molar-refractivity contribution in [2.45, 2.75) is 24.4 Å². The number of halogens is 3. The zero-order chi connectivity index (χ0) is 26.5. The minimum Gasteiger partial charge on any atom is -0.357 e. The Morgan fingerprint density at radius 2 is 1.61 bits per heavy atom. The lowest BCUT2D eigenvalue weighted by Crippen LogP contribution is -2.50. The summed E-state index contributed by atoms with van der Waals surface area (Å²) in [6.07, 6.45) is 0. The van der Waals surface area contributed by atoms with Gasteiger partial charge in [0.25, 0.3) is 10.0 Å². The Morgan fingerprint density at radius 1 is 0.972 bits per heavy atom. The number of carbonyl (C=O) groups is 2. The lowest BCUT2D eigenvalue weighted by Gasteiger charge is -2.31. The first kappa shape index (κ1) is 27.4. The second-order valence-corrected chi connectivity index (χ2v) is 10.5. The number of nitrogens with zero attached hydrogens (tertiary/aromatic N) is 2. The molecule has 3 aromatic rings. The van der Waals surface area contributed by atoms with Gasteiger partial charge in [-0.2, -0.15) is 0 Å². The molecule has 3 rings (SSSR count). The van der Waals surface area contributed by atoms with E-state index < -0.39 is 40.2 Å². The van der Waals surface area contributed by atoms with E-state index >= 15 is 0 Å². The molecule has 0 aliphatic carbocycles. The average Bonchev–Trinajstić information content (AvgIpc) is 2.87. The maximum Gasteiger partial charge on any atom is 0.264 e. The number of likely N-dealkylation sites (N-methyl/N-ethyl adjacent to an activating group) is 1. The molecule has 7 nitrogen and oxygen atoms in total. The summed E-state index contributed by atoms with van der Waals surface area (Å²) in [5, 5.41) is 3.11. The molecule has 3 aromatic carbocycles. The largest absolute Gasteiger partial charge is 0.357 e. The fourth-order valence-electron chi connectivity index (χ4n) is 3.48. The van der Waals surface area contributed by atoms with Crippen LogP contribution in [0.25, 0.3) is 0 Å². The molecule has 1 atom stereocenters. The van der Waals surface area contributed by atoms with Crippen LogP contribution >= 0.6 is 23.2 Å². The van der Waals surface area contributed by atoms with E-state index in [1.165, 1.54) is 18.9 Å². The molecule has 0 spiro atoms. The van der Waals surface area contributed by atoms with Crippen LogP contribution in [-0.4, -0.2) is 44.8 Å². The fraction of sp³-hybridized carbons (Fsp3) is 0.200. The summed E-state index contributed by atoms with van der Waals surface area (Å²) in [6, 6.07) is 16.3. The van der Waals surface area contributed by atoms with Gasteiger partial charge in [0.05, 0.1) is 20.6 Å². The molecule has 0 radical (unpaired) electrons. The SMILES string of the molecule is CNC(=O)[C@@H](C)N(Cc1ccc(Cl)c(Cl)c1)C(=O)CN(c1ccccc1)S(=O)(=O)c1ccc(F)cc1. The van der Waals surface area contributed by atoms with Crippen molar-refractivity contribution in [2.75, 3.05) is 17.9 Å². The molecular weight excluding hydrogens is 528 g/mol. The number of carbonyl (C=O) groups excluding carboxylic acids is 2. The molecule has 0 aliphatic heterocycles. The molecule has 36 heavy (non-hydrogen) atoms. The topological polar surface area (TPSA) is 86.8 Å². The number of amides is 2. The van der Waals surface area contributed by atoms with Gasteiger partial charge in [-0.25, -0.2) is 12.8 Å². The number of hydrogen-bond acceptors (Lipinski definition) is 4. The Kier molecular flexibility index (Phi) is 8.94. The predicted octanol–water partition coefficient (Wildman–Crippen LogP) is 4.49. The van der Waals surface area contributed by atoms with Gasteiger partial charge in [-0.1, -0.05) is 47.5 Å². The molecule has 2 amide bonds. The van der Waals surface area contributed by atoms with Crippen molar-refractivity contribution < 1.29 is 22.4 Å². The van der Waals surface area contributed by atoms with Crippen LogP contribution in [0.3, 0.4) is 0 Å². The van der Waals surface area contributed by atoms with E-state index in [2.05, 4.69) is 5.32 Å². The third-order valence-electron chi connectivity index (χ3n) is 5.48. The van der Waals surface area contributed by atoms with Crippen LogP contribution in [0.15, 0.2) is 77.7 Å². The fourth-order valence-corrected chi connectivity index (χ4v) is 5.22. The zero-order valence-electron chi connectivity index (χ0n) is 19.5. The molecule has 0 unspecified atom stereocenters. The van der Waals surface area contributed by atoms with Gasteiger partial charge in [-0.15, -0.1) is 0 Å². The maximum absolute atomic E-state index is 13.6. The lowest BCUT2D eigenvalue weighted by atomic mass is 10.1. The van der Waals surface area contributed by atoms with Gasteiger partial charge >= 0.3 is 0 Å². The minimum atomic E-state index is -4.26. The minimum absolute atomic E-state index is 0.0243. The van der Waals surface area contributed by atoms with Crippen molar-refractivity contribution >= 4 is 50.7 Å². The normalized spacial score (nSPS) is 12.0. The highest BCUT2D eigenvalue weighted by molar-refractivity contribution is 7.92. The smallest absolute Gasteiger partial charge is 0.264 e. The van der Waals surface area contributed by atoms with Crippen LogP contribution in [0.5, 0.6) is 0 Å². The first-order valence-corrected chi connectivity index (χ1v) is 13.0. The summed E-state index contributed by atoms with van der Waals surface area (Å²) < 4.78 is 41.4. The number of anilines is 1. The highest BCUT2D eigenvalue weighted by atomic mass is 35.5. The first-order valence-electron chi connectivity index (χ1n) is 10.8. The van der Waals surface area contributed by atoms with Gasteiger partial charge in [-0.05, 0) is 61.0 Å². The lowest BCUT2D eigenvalue weighted by molar-refractivity contribution is -0.139. The standard InChI is InChI=1S/C25H24Cl2FN3O4S/c1-17(25(33)29-2)30(15-18-8-13-22(26)23(27)14-18)24(32)16-31(20-6-4-3-5-7-20)36(34,35)21-11-9-19(28)10-12-21/h3-14,17H,15-16H2,1-2H3,(H,29,33)/t17-/m1/s1. The van der Waals surface area contributed by atoms with Crippen LogP contribution in [0.4, 0.5) is 10.1 Å². The maximum atomic E-state index is 13.6. The first-order chi connectivity index (χ1) is 17.0. The monoisotopic (exact) mass is 551 g/mol. The summed E-state index contributed by atoms with van der Waals surface area (Å²) in [4.78, 5) is 27.1. The van der Waals surface area contributed by atoms with Crippen molar-refractivity contribution in [1.82, 2.24) is 10.2 Å². The quantitative estimate of drug-likeness (QED) is 0.424. The van der Waals surface area contributed by atoms with Crippen molar-refractivity contribution in [1.29, 1.82) is 0 Å². The van der Waals surface area contributed by atoms with Crippen LogP contribution in [-0.2, 0) is 26.2 Å². The summed E-state index contributed by atoms with van der Waals surface area (Å²) in [5.74, 6) is -1.66. The van der Waals surface area contributed by atoms with Crippen LogP contribution in [0, 0.1) is 5.82 Å². The zero-order valence-corrected chi connectivity index (χ0v) is 21.8. The van der Waals surface area contributed by atoms with Crippen LogP contribution in [0.2, 0.25) is 10.0 Å². The van der Waals surface area contributed by atoms with E-state index in [1.807, 2.05) is 0 Å². The van der Waals surface area contributed by atoms with Crippen LogP contribution in [0.1, 0.15) is 12.5 Å². The van der Waals surface area contributed by atoms with E-state index in [0.29, 0.717) is 10.6 Å². The van der Waals surface area contributed by atoms with Crippen molar-refractivity contribution in [3.05, 3.63) is 94.2 Å². The Balaban J connectivity index is 2.01. The van der Waals surface area contributed by atoms with Gasteiger partial charge < -0.3 is 10.2 Å². The highest BCUT2D eigenvalue weighted by Gasteiger charge is 2.32. The molecule has 0 aromatic heterocycles. The molecule has 0 aliphatic rings. The summed E-state index contributed by atoms with van der Waals surface area (Å²) in [5.41, 5.74) is 0.832. The Bertz CT molecular complexity index is 1340. The number of nitrogens with one attached hydrogen (secondary N) is 1. The highest BCUT2D eigenvalue weighted by Crippen LogP contribution is 2.26. The summed E-state index contributed by atoms with van der Waals surface area (Å²) >= 11 is 12.1. The van der Waals surface area contributed by atoms with E-state index in [-0.39, 0.29) is 22.2 Å². The van der Waals surface area contributed by atoms with E-state index in [4.69, 9.17) is 23.2 Å². The molecule has 11 heteroatoms. The van der Waals surface area contributed by atoms with E-state index in [1.54, 1.807) is 48.5 Å².